The van der Waals surface area contributed by atoms with Crippen molar-refractivity contribution in [3.05, 3.63) is 94.0 Å². The summed E-state index contributed by atoms with van der Waals surface area (Å²) < 4.78 is 5.01. The minimum Gasteiger partial charge on any atom is -0.452 e. The Kier molecular flexibility index (Phi) is 5.89. The van der Waals surface area contributed by atoms with Crippen LogP contribution in [-0.4, -0.2) is 30.3 Å². The predicted molar refractivity (Wildman–Crippen MR) is 119 cm³/mol. The van der Waals surface area contributed by atoms with Gasteiger partial charge < -0.3 is 10.1 Å². The summed E-state index contributed by atoms with van der Waals surface area (Å²) in [6.07, 6.45) is 0. The molecule has 3 aromatic carbocycles. The summed E-state index contributed by atoms with van der Waals surface area (Å²) in [5.74, 6) is -2.22. The fourth-order valence-corrected chi connectivity index (χ4v) is 3.49. The maximum Gasteiger partial charge on any atom is 0.338 e. The van der Waals surface area contributed by atoms with Crippen LogP contribution in [0.3, 0.4) is 0 Å². The first-order valence-corrected chi connectivity index (χ1v) is 10.0. The molecule has 0 unspecified atom stereocenters. The van der Waals surface area contributed by atoms with E-state index in [2.05, 4.69) is 5.32 Å². The minimum atomic E-state index is -0.753. The number of carbonyl (C=O) groups excluding carboxylic acids is 4. The van der Waals surface area contributed by atoms with Crippen LogP contribution in [0.1, 0.15) is 36.6 Å². The Bertz CT molecular complexity index is 1310. The zero-order valence-electron chi connectivity index (χ0n) is 16.9. The van der Waals surface area contributed by atoms with Crippen LogP contribution in [0.25, 0.3) is 0 Å². The van der Waals surface area contributed by atoms with Crippen molar-refractivity contribution in [3.8, 4) is 6.07 Å². The quantitative estimate of drug-likeness (QED) is 0.458. The average Bonchev–Trinajstić information content (AvgIpc) is 3.08. The first-order chi connectivity index (χ1) is 15.9. The number of hydrogen-bond acceptors (Lipinski definition) is 6. The van der Waals surface area contributed by atoms with Crippen LogP contribution in [0.4, 0.5) is 11.4 Å². The molecule has 0 radical (unpaired) electrons. The van der Waals surface area contributed by atoms with Crippen LogP contribution < -0.4 is 10.2 Å². The molecule has 0 atom stereocenters. The molecule has 8 nitrogen and oxygen atoms in total. The topological polar surface area (TPSA) is 117 Å². The summed E-state index contributed by atoms with van der Waals surface area (Å²) in [7, 11) is 0. The lowest BCUT2D eigenvalue weighted by Gasteiger charge is -2.14. The van der Waals surface area contributed by atoms with Crippen molar-refractivity contribution in [2.24, 2.45) is 0 Å². The molecule has 162 valence electrons. The van der Waals surface area contributed by atoms with Crippen molar-refractivity contribution in [3.63, 3.8) is 0 Å². The number of nitrogens with zero attached hydrogens (tertiary/aromatic N) is 2. The molecule has 3 aromatic rings. The van der Waals surface area contributed by atoms with E-state index in [-0.39, 0.29) is 16.1 Å². The van der Waals surface area contributed by atoms with Gasteiger partial charge in [0, 0.05) is 5.69 Å². The first kappa shape index (κ1) is 21.7. The first-order valence-electron chi connectivity index (χ1n) is 9.63. The smallest absolute Gasteiger partial charge is 0.338 e. The molecule has 0 spiro atoms. The standard InChI is InChI=1S/C24H14ClN3O5/c25-20-11-16(8-5-15(20)12-26)27-21(29)13-33-24(32)14-6-9-17(10-7-14)28-22(30)18-3-1-2-4-19(18)23(28)31/h1-11H,13H2,(H,27,29). The number of amides is 3. The van der Waals surface area contributed by atoms with Crippen LogP contribution in [0.2, 0.25) is 5.02 Å². The van der Waals surface area contributed by atoms with E-state index in [4.69, 9.17) is 21.6 Å². The van der Waals surface area contributed by atoms with E-state index in [1.165, 1.54) is 42.5 Å². The molecule has 3 amide bonds. The van der Waals surface area contributed by atoms with Crippen molar-refractivity contribution < 1.29 is 23.9 Å². The third-order valence-corrected chi connectivity index (χ3v) is 5.18. The summed E-state index contributed by atoms with van der Waals surface area (Å²) in [6.45, 7) is -0.545. The third kappa shape index (κ3) is 4.31. The Balaban J connectivity index is 1.37. The number of nitrogens with one attached hydrogen (secondary N) is 1. The molecule has 0 saturated heterocycles. The summed E-state index contributed by atoms with van der Waals surface area (Å²) in [6, 6.07) is 18.5. The maximum atomic E-state index is 12.6. The molecule has 33 heavy (non-hydrogen) atoms. The summed E-state index contributed by atoms with van der Waals surface area (Å²) in [5.41, 5.74) is 1.72. The number of ether oxygens (including phenoxy) is 1. The van der Waals surface area contributed by atoms with Crippen molar-refractivity contribution in [1.29, 1.82) is 5.26 Å². The van der Waals surface area contributed by atoms with E-state index >= 15 is 0 Å². The van der Waals surface area contributed by atoms with Crippen molar-refractivity contribution in [1.82, 2.24) is 0 Å². The minimum absolute atomic E-state index is 0.143. The molecule has 1 aliphatic heterocycles. The molecule has 0 aromatic heterocycles. The number of fused-ring (bicyclic) bond motifs is 1. The lowest BCUT2D eigenvalue weighted by atomic mass is 10.1. The molecular formula is C24H14ClN3O5. The molecule has 1 N–H and O–H groups in total. The van der Waals surface area contributed by atoms with E-state index in [1.807, 2.05) is 6.07 Å². The summed E-state index contributed by atoms with van der Waals surface area (Å²) >= 11 is 5.92. The van der Waals surface area contributed by atoms with E-state index in [9.17, 15) is 19.2 Å². The Morgan fingerprint density at radius 1 is 0.970 bits per heavy atom. The molecule has 1 aliphatic rings. The number of esters is 1. The number of benzene rings is 3. The second-order valence-corrected chi connectivity index (χ2v) is 7.38. The number of imide groups is 1. The zero-order valence-corrected chi connectivity index (χ0v) is 17.6. The summed E-state index contributed by atoms with van der Waals surface area (Å²) in [5, 5.41) is 11.6. The number of anilines is 2. The van der Waals surface area contributed by atoms with E-state index in [0.717, 1.165) is 4.90 Å². The van der Waals surface area contributed by atoms with Gasteiger partial charge >= 0.3 is 5.97 Å². The van der Waals surface area contributed by atoms with Gasteiger partial charge in [-0.15, -0.1) is 0 Å². The highest BCUT2D eigenvalue weighted by Crippen LogP contribution is 2.28. The number of carbonyl (C=O) groups is 4. The van der Waals surface area contributed by atoms with Gasteiger partial charge in [0.25, 0.3) is 17.7 Å². The van der Waals surface area contributed by atoms with E-state index in [1.54, 1.807) is 24.3 Å². The van der Waals surface area contributed by atoms with Gasteiger partial charge in [0.2, 0.25) is 0 Å². The Hall–Kier alpha value is -4.48. The monoisotopic (exact) mass is 459 g/mol. The zero-order chi connectivity index (χ0) is 23.5. The molecule has 0 fully saturated rings. The van der Waals surface area contributed by atoms with Crippen LogP contribution in [0.5, 0.6) is 0 Å². The highest BCUT2D eigenvalue weighted by atomic mass is 35.5. The van der Waals surface area contributed by atoms with Crippen molar-refractivity contribution in [2.45, 2.75) is 0 Å². The SMILES string of the molecule is N#Cc1ccc(NC(=O)COC(=O)c2ccc(N3C(=O)c4ccccc4C3=O)cc2)cc1Cl. The molecule has 1 heterocycles. The van der Waals surface area contributed by atoms with Gasteiger partial charge in [-0.2, -0.15) is 5.26 Å². The molecule has 4 rings (SSSR count). The van der Waals surface area contributed by atoms with Crippen molar-refractivity contribution in [2.75, 3.05) is 16.8 Å². The second-order valence-electron chi connectivity index (χ2n) is 6.97. The van der Waals surface area contributed by atoms with Gasteiger partial charge in [0.1, 0.15) is 6.07 Å². The molecule has 0 bridgehead atoms. The maximum absolute atomic E-state index is 12.6. The fourth-order valence-electron chi connectivity index (χ4n) is 3.27. The van der Waals surface area contributed by atoms with E-state index in [0.29, 0.717) is 22.5 Å². The van der Waals surface area contributed by atoms with Gasteiger partial charge in [-0.3, -0.25) is 14.4 Å². The van der Waals surface area contributed by atoms with Gasteiger partial charge in [-0.25, -0.2) is 9.69 Å². The Labute approximate surface area is 192 Å². The number of rotatable bonds is 5. The number of nitriles is 1. The van der Waals surface area contributed by atoms with Crippen LogP contribution >= 0.6 is 11.6 Å². The lowest BCUT2D eigenvalue weighted by molar-refractivity contribution is -0.119. The van der Waals surface area contributed by atoms with E-state index < -0.39 is 30.3 Å². The Morgan fingerprint density at radius 3 is 2.18 bits per heavy atom. The van der Waals surface area contributed by atoms with Crippen LogP contribution in [0.15, 0.2) is 66.7 Å². The predicted octanol–water partition coefficient (Wildman–Crippen LogP) is 3.81. The Morgan fingerprint density at radius 2 is 1.61 bits per heavy atom. The number of hydrogen-bond donors (Lipinski definition) is 1. The lowest BCUT2D eigenvalue weighted by Crippen LogP contribution is -2.29. The van der Waals surface area contributed by atoms with Crippen LogP contribution in [-0.2, 0) is 9.53 Å². The highest BCUT2D eigenvalue weighted by molar-refractivity contribution is 6.34. The number of halogens is 1. The largest absolute Gasteiger partial charge is 0.452 e. The normalized spacial score (nSPS) is 12.2. The van der Waals surface area contributed by atoms with Gasteiger partial charge in [-0.1, -0.05) is 23.7 Å². The third-order valence-electron chi connectivity index (χ3n) is 4.86. The van der Waals surface area contributed by atoms with Crippen molar-refractivity contribution >= 4 is 46.7 Å². The molecule has 0 saturated carbocycles. The van der Waals surface area contributed by atoms with Gasteiger partial charge in [0.05, 0.1) is 33.0 Å². The fraction of sp³-hybridized carbons (Fsp3) is 0.0417. The summed E-state index contributed by atoms with van der Waals surface area (Å²) in [4.78, 5) is 50.5. The molecule has 9 heteroatoms. The van der Waals surface area contributed by atoms with Gasteiger partial charge in [-0.05, 0) is 54.6 Å². The second kappa shape index (κ2) is 8.94. The highest BCUT2D eigenvalue weighted by Gasteiger charge is 2.36. The molecule has 0 aliphatic carbocycles. The van der Waals surface area contributed by atoms with Crippen LogP contribution in [0, 0.1) is 11.3 Å². The molecular weight excluding hydrogens is 446 g/mol. The van der Waals surface area contributed by atoms with Gasteiger partial charge in [0.15, 0.2) is 6.61 Å². The average molecular weight is 460 g/mol.